The predicted octanol–water partition coefficient (Wildman–Crippen LogP) is 3.36. The van der Waals surface area contributed by atoms with E-state index < -0.39 is 5.82 Å². The number of nitrogen functional groups attached to an aromatic ring is 1. The molecule has 1 heterocycles. The molecule has 0 fully saturated rings. The minimum atomic E-state index is -0.544. The summed E-state index contributed by atoms with van der Waals surface area (Å²) in [6, 6.07) is 8.13. The molecule has 82 valence electrons. The van der Waals surface area contributed by atoms with Gasteiger partial charge in [0.25, 0.3) is 5.88 Å². The van der Waals surface area contributed by atoms with E-state index in [1.807, 2.05) is 0 Å². The van der Waals surface area contributed by atoms with Crippen LogP contribution in [0.25, 0.3) is 0 Å². The number of hydrogen-bond acceptors (Lipinski definition) is 3. The third-order valence-electron chi connectivity index (χ3n) is 1.90. The van der Waals surface area contributed by atoms with Gasteiger partial charge in [-0.3, -0.25) is 0 Å². The first-order valence-corrected chi connectivity index (χ1v) is 5.29. The molecule has 0 saturated heterocycles. The summed E-state index contributed by atoms with van der Waals surface area (Å²) in [5.41, 5.74) is 6.10. The fourth-order valence-corrected chi connectivity index (χ4v) is 1.46. The Morgan fingerprint density at radius 1 is 1.31 bits per heavy atom. The van der Waals surface area contributed by atoms with Crippen molar-refractivity contribution in [2.24, 2.45) is 0 Å². The molecule has 1 aromatic carbocycles. The average molecular weight is 283 g/mol. The number of aromatic nitrogens is 1. The summed E-state index contributed by atoms with van der Waals surface area (Å²) in [5.74, 6) is -0.255. The number of anilines is 1. The highest BCUT2D eigenvalue weighted by Gasteiger charge is 2.08. The van der Waals surface area contributed by atoms with Gasteiger partial charge in [0.15, 0.2) is 11.6 Å². The van der Waals surface area contributed by atoms with E-state index in [4.69, 9.17) is 10.5 Å². The van der Waals surface area contributed by atoms with Crippen LogP contribution in [0.15, 0.2) is 41.0 Å². The van der Waals surface area contributed by atoms with Crippen LogP contribution in [0.4, 0.5) is 10.1 Å². The Labute approximate surface area is 100 Å². The first kappa shape index (κ1) is 10.9. The van der Waals surface area contributed by atoms with Gasteiger partial charge < -0.3 is 10.5 Å². The highest BCUT2D eigenvalue weighted by atomic mass is 79.9. The topological polar surface area (TPSA) is 48.1 Å². The van der Waals surface area contributed by atoms with Crippen molar-refractivity contribution >= 4 is 21.6 Å². The molecule has 2 rings (SSSR count). The zero-order valence-electron chi connectivity index (χ0n) is 8.15. The van der Waals surface area contributed by atoms with E-state index in [0.717, 1.165) is 0 Å². The van der Waals surface area contributed by atoms with Gasteiger partial charge in [0.05, 0.1) is 5.69 Å². The Bertz CT molecular complexity index is 519. The third-order valence-corrected chi connectivity index (χ3v) is 2.33. The van der Waals surface area contributed by atoms with Crippen LogP contribution in [0.1, 0.15) is 0 Å². The fourth-order valence-electron chi connectivity index (χ4n) is 1.15. The van der Waals surface area contributed by atoms with Crippen LogP contribution in [0.2, 0.25) is 0 Å². The number of nitrogens with two attached hydrogens (primary N) is 1. The molecule has 16 heavy (non-hydrogen) atoms. The molecule has 0 radical (unpaired) electrons. The number of ether oxygens (including phenoxy) is 1. The molecule has 1 aromatic heterocycles. The number of halogens is 2. The van der Waals surface area contributed by atoms with Gasteiger partial charge in [-0.15, -0.1) is 0 Å². The molecular weight excluding hydrogens is 275 g/mol. The summed E-state index contributed by atoms with van der Waals surface area (Å²) in [4.78, 5) is 3.81. The average Bonchev–Trinajstić information content (AvgIpc) is 2.25. The monoisotopic (exact) mass is 282 g/mol. The highest BCUT2D eigenvalue weighted by Crippen LogP contribution is 2.28. The van der Waals surface area contributed by atoms with Crippen LogP contribution in [0.5, 0.6) is 11.6 Å². The maximum atomic E-state index is 13.4. The summed E-state index contributed by atoms with van der Waals surface area (Å²) in [6.07, 6.45) is 1.46. The van der Waals surface area contributed by atoms with E-state index in [1.54, 1.807) is 24.3 Å². The molecule has 2 aromatic rings. The lowest BCUT2D eigenvalue weighted by atomic mass is 10.3. The lowest BCUT2D eigenvalue weighted by Gasteiger charge is -2.07. The Hall–Kier alpha value is -1.62. The second-order valence-electron chi connectivity index (χ2n) is 3.08. The standard InChI is InChI=1S/C11H8BrFN2O/c12-7-5-8(13)11(15-6-7)16-10-4-2-1-3-9(10)14/h1-6H,14H2. The smallest absolute Gasteiger partial charge is 0.256 e. The van der Waals surface area contributed by atoms with Gasteiger partial charge >= 0.3 is 0 Å². The lowest BCUT2D eigenvalue weighted by Crippen LogP contribution is -1.95. The molecule has 0 aliphatic carbocycles. The fraction of sp³-hybridized carbons (Fsp3) is 0. The van der Waals surface area contributed by atoms with E-state index in [2.05, 4.69) is 20.9 Å². The lowest BCUT2D eigenvalue weighted by molar-refractivity contribution is 0.424. The molecule has 0 saturated carbocycles. The quantitative estimate of drug-likeness (QED) is 0.860. The van der Waals surface area contributed by atoms with Crippen molar-refractivity contribution < 1.29 is 9.13 Å². The van der Waals surface area contributed by atoms with Crippen LogP contribution in [-0.2, 0) is 0 Å². The minimum Gasteiger partial charge on any atom is -0.434 e. The number of nitrogens with zero attached hydrogens (tertiary/aromatic N) is 1. The van der Waals surface area contributed by atoms with Gasteiger partial charge in [-0.25, -0.2) is 9.37 Å². The predicted molar refractivity (Wildman–Crippen MR) is 62.8 cm³/mol. The molecule has 0 amide bonds. The zero-order valence-corrected chi connectivity index (χ0v) is 9.74. The Morgan fingerprint density at radius 3 is 2.75 bits per heavy atom. The molecule has 5 heteroatoms. The molecule has 0 bridgehead atoms. The molecule has 0 atom stereocenters. The second-order valence-corrected chi connectivity index (χ2v) is 4.00. The number of pyridine rings is 1. The first-order chi connectivity index (χ1) is 7.66. The summed E-state index contributed by atoms with van der Waals surface area (Å²) in [5, 5.41) is 0. The summed E-state index contributed by atoms with van der Waals surface area (Å²) in [7, 11) is 0. The van der Waals surface area contributed by atoms with Crippen LogP contribution in [0.3, 0.4) is 0 Å². The maximum absolute atomic E-state index is 13.4. The molecule has 2 N–H and O–H groups in total. The van der Waals surface area contributed by atoms with Crippen molar-refractivity contribution in [2.75, 3.05) is 5.73 Å². The molecule has 0 unspecified atom stereocenters. The van der Waals surface area contributed by atoms with Gasteiger partial charge in [-0.1, -0.05) is 12.1 Å². The third kappa shape index (κ3) is 2.30. The number of hydrogen-bond donors (Lipinski definition) is 1. The van der Waals surface area contributed by atoms with E-state index in [9.17, 15) is 4.39 Å². The zero-order chi connectivity index (χ0) is 11.5. The highest BCUT2D eigenvalue weighted by molar-refractivity contribution is 9.10. The van der Waals surface area contributed by atoms with E-state index in [-0.39, 0.29) is 5.88 Å². The van der Waals surface area contributed by atoms with Gasteiger partial charge in [-0.05, 0) is 34.1 Å². The molecule has 0 spiro atoms. The number of para-hydroxylation sites is 2. The van der Waals surface area contributed by atoms with E-state index in [1.165, 1.54) is 12.3 Å². The Kier molecular flexibility index (Phi) is 3.05. The minimum absolute atomic E-state index is 0.0962. The summed E-state index contributed by atoms with van der Waals surface area (Å²) in [6.45, 7) is 0. The SMILES string of the molecule is Nc1ccccc1Oc1ncc(Br)cc1F. The molecule has 0 aliphatic heterocycles. The van der Waals surface area contributed by atoms with Crippen molar-refractivity contribution in [3.63, 3.8) is 0 Å². The molecule has 3 nitrogen and oxygen atoms in total. The van der Waals surface area contributed by atoms with Crippen molar-refractivity contribution in [3.05, 3.63) is 46.8 Å². The number of benzene rings is 1. The Morgan fingerprint density at radius 2 is 2.06 bits per heavy atom. The van der Waals surface area contributed by atoms with E-state index in [0.29, 0.717) is 15.9 Å². The van der Waals surface area contributed by atoms with Gasteiger partial charge in [0, 0.05) is 10.7 Å². The van der Waals surface area contributed by atoms with Crippen molar-refractivity contribution in [3.8, 4) is 11.6 Å². The first-order valence-electron chi connectivity index (χ1n) is 4.50. The van der Waals surface area contributed by atoms with Crippen LogP contribution in [0, 0.1) is 5.82 Å². The maximum Gasteiger partial charge on any atom is 0.256 e. The number of rotatable bonds is 2. The summed E-state index contributed by atoms with van der Waals surface area (Å²) >= 11 is 3.11. The van der Waals surface area contributed by atoms with Crippen LogP contribution < -0.4 is 10.5 Å². The molecular formula is C11H8BrFN2O. The van der Waals surface area contributed by atoms with Gasteiger partial charge in [0.2, 0.25) is 0 Å². The molecule has 0 aliphatic rings. The normalized spacial score (nSPS) is 10.1. The van der Waals surface area contributed by atoms with Crippen molar-refractivity contribution in [1.82, 2.24) is 4.98 Å². The van der Waals surface area contributed by atoms with Crippen molar-refractivity contribution in [2.45, 2.75) is 0 Å². The van der Waals surface area contributed by atoms with Gasteiger partial charge in [-0.2, -0.15) is 0 Å². The van der Waals surface area contributed by atoms with E-state index >= 15 is 0 Å². The Balaban J connectivity index is 2.31. The second kappa shape index (κ2) is 4.49. The largest absolute Gasteiger partial charge is 0.434 e. The van der Waals surface area contributed by atoms with Crippen molar-refractivity contribution in [1.29, 1.82) is 0 Å². The van der Waals surface area contributed by atoms with Gasteiger partial charge in [0.1, 0.15) is 0 Å². The summed E-state index contributed by atoms with van der Waals surface area (Å²) < 4.78 is 19.2. The van der Waals surface area contributed by atoms with Crippen LogP contribution >= 0.6 is 15.9 Å². The van der Waals surface area contributed by atoms with Crippen LogP contribution in [-0.4, -0.2) is 4.98 Å².